The van der Waals surface area contributed by atoms with E-state index in [1.54, 1.807) is 18.2 Å². The van der Waals surface area contributed by atoms with Gasteiger partial charge in [0.2, 0.25) is 0 Å². The molecule has 1 aliphatic rings. The van der Waals surface area contributed by atoms with Crippen molar-refractivity contribution in [3.8, 4) is 0 Å². The fourth-order valence-electron chi connectivity index (χ4n) is 2.43. The molecule has 0 bridgehead atoms. The van der Waals surface area contributed by atoms with Gasteiger partial charge in [-0.2, -0.15) is 0 Å². The molecule has 0 fully saturated rings. The second-order valence-electron chi connectivity index (χ2n) is 4.35. The van der Waals surface area contributed by atoms with Gasteiger partial charge in [0, 0.05) is 10.9 Å². The van der Waals surface area contributed by atoms with Crippen LogP contribution in [0.2, 0.25) is 0 Å². The van der Waals surface area contributed by atoms with Crippen LogP contribution in [0.25, 0.3) is 10.8 Å². The first-order valence-electron chi connectivity index (χ1n) is 5.67. The molecule has 0 aliphatic carbocycles. The van der Waals surface area contributed by atoms with Crippen molar-refractivity contribution >= 4 is 28.3 Å². The van der Waals surface area contributed by atoms with Crippen molar-refractivity contribution in [1.29, 1.82) is 0 Å². The lowest BCUT2D eigenvalue weighted by atomic mass is 10.1. The summed E-state index contributed by atoms with van der Waals surface area (Å²) in [6.45, 7) is 1.46. The molecule has 0 unspecified atom stereocenters. The molecule has 0 radical (unpaired) electrons. The van der Waals surface area contributed by atoms with E-state index in [0.29, 0.717) is 11.3 Å². The number of carboxylic acid groups (broad SMARTS) is 1. The molecule has 0 spiro atoms. The lowest BCUT2D eigenvalue weighted by molar-refractivity contribution is -0.306. The van der Waals surface area contributed by atoms with E-state index in [1.807, 2.05) is 18.2 Å². The van der Waals surface area contributed by atoms with Crippen LogP contribution in [0.4, 0.5) is 5.69 Å². The molecule has 1 aliphatic heterocycles. The number of nitrogens with zero attached hydrogens (tertiary/aromatic N) is 1. The molecule has 2 aromatic rings. The Morgan fingerprint density at radius 3 is 2.56 bits per heavy atom. The largest absolute Gasteiger partial charge is 0.548 e. The molecular weight excluding hydrogens is 230 g/mol. The average molecular weight is 240 g/mol. The van der Waals surface area contributed by atoms with E-state index >= 15 is 0 Å². The van der Waals surface area contributed by atoms with Crippen molar-refractivity contribution < 1.29 is 14.7 Å². The number of anilines is 1. The van der Waals surface area contributed by atoms with Crippen molar-refractivity contribution in [2.75, 3.05) is 4.90 Å². The Hall–Kier alpha value is -2.36. The summed E-state index contributed by atoms with van der Waals surface area (Å²) in [5.74, 6) is -1.54. The van der Waals surface area contributed by atoms with E-state index < -0.39 is 12.0 Å². The van der Waals surface area contributed by atoms with Crippen LogP contribution in [0.15, 0.2) is 36.4 Å². The molecule has 0 aromatic heterocycles. The minimum Gasteiger partial charge on any atom is -0.548 e. The molecule has 4 heteroatoms. The van der Waals surface area contributed by atoms with Gasteiger partial charge in [-0.3, -0.25) is 9.69 Å². The van der Waals surface area contributed by atoms with E-state index in [9.17, 15) is 14.7 Å². The van der Waals surface area contributed by atoms with E-state index in [2.05, 4.69) is 0 Å². The van der Waals surface area contributed by atoms with Gasteiger partial charge in [0.15, 0.2) is 0 Å². The summed E-state index contributed by atoms with van der Waals surface area (Å²) in [6.07, 6.45) is 0. The third kappa shape index (κ3) is 1.26. The summed E-state index contributed by atoms with van der Waals surface area (Å²) in [6, 6.07) is 9.93. The maximum Gasteiger partial charge on any atom is 0.259 e. The van der Waals surface area contributed by atoms with Crippen LogP contribution < -0.4 is 10.0 Å². The van der Waals surface area contributed by atoms with Crippen LogP contribution in [-0.4, -0.2) is 17.9 Å². The Morgan fingerprint density at radius 1 is 1.22 bits per heavy atom. The molecule has 3 rings (SSSR count). The second-order valence-corrected chi connectivity index (χ2v) is 4.35. The highest BCUT2D eigenvalue weighted by molar-refractivity contribution is 6.26. The summed E-state index contributed by atoms with van der Waals surface area (Å²) in [7, 11) is 0. The van der Waals surface area contributed by atoms with Gasteiger partial charge in [-0.05, 0) is 24.4 Å². The Bertz CT molecular complexity index is 673. The Morgan fingerprint density at radius 2 is 1.89 bits per heavy atom. The minimum absolute atomic E-state index is 0.279. The van der Waals surface area contributed by atoms with Crippen molar-refractivity contribution in [3.63, 3.8) is 0 Å². The predicted molar refractivity (Wildman–Crippen MR) is 65.2 cm³/mol. The van der Waals surface area contributed by atoms with Crippen LogP contribution >= 0.6 is 0 Å². The van der Waals surface area contributed by atoms with E-state index in [-0.39, 0.29) is 5.91 Å². The van der Waals surface area contributed by atoms with Gasteiger partial charge in [-0.1, -0.05) is 24.3 Å². The quantitative estimate of drug-likeness (QED) is 0.784. The van der Waals surface area contributed by atoms with Crippen LogP contribution in [-0.2, 0) is 4.79 Å². The number of hydrogen-bond acceptors (Lipinski definition) is 3. The molecule has 0 saturated heterocycles. The molecule has 90 valence electrons. The third-order valence-corrected chi connectivity index (χ3v) is 3.32. The number of hydrogen-bond donors (Lipinski definition) is 0. The van der Waals surface area contributed by atoms with Gasteiger partial charge in [-0.25, -0.2) is 0 Å². The summed E-state index contributed by atoms with van der Waals surface area (Å²) in [5.41, 5.74) is 1.20. The second kappa shape index (κ2) is 3.57. The van der Waals surface area contributed by atoms with Gasteiger partial charge in [0.25, 0.3) is 5.91 Å². The summed E-state index contributed by atoms with van der Waals surface area (Å²) < 4.78 is 0. The Balaban J connectivity index is 2.29. The van der Waals surface area contributed by atoms with Gasteiger partial charge in [0.05, 0.1) is 17.7 Å². The lowest BCUT2D eigenvalue weighted by Gasteiger charge is -2.26. The Labute approximate surface area is 103 Å². The normalized spacial score (nSPS) is 15.2. The van der Waals surface area contributed by atoms with E-state index in [1.165, 1.54) is 11.8 Å². The minimum atomic E-state index is -1.26. The number of carbonyl (C=O) groups is 2. The van der Waals surface area contributed by atoms with Crippen molar-refractivity contribution in [2.45, 2.75) is 13.0 Å². The summed E-state index contributed by atoms with van der Waals surface area (Å²) in [5, 5.41) is 12.8. The maximum absolute atomic E-state index is 12.3. The molecular formula is C14H10NO3-. The highest BCUT2D eigenvalue weighted by Gasteiger charge is 2.33. The number of aliphatic carboxylic acids is 1. The third-order valence-electron chi connectivity index (χ3n) is 3.32. The van der Waals surface area contributed by atoms with Crippen molar-refractivity contribution in [3.05, 3.63) is 42.0 Å². The number of carbonyl (C=O) groups excluding carboxylic acids is 2. The monoisotopic (exact) mass is 240 g/mol. The zero-order chi connectivity index (χ0) is 12.9. The topological polar surface area (TPSA) is 60.4 Å². The van der Waals surface area contributed by atoms with Gasteiger partial charge in [0.1, 0.15) is 0 Å². The standard InChI is InChI=1S/C14H11NO3/c1-8(14(17)18)15-11-7-3-5-9-4-2-6-10(12(9)11)13(15)16/h2-8H,1H3,(H,17,18)/p-1/t8-/m1/s1. The highest BCUT2D eigenvalue weighted by atomic mass is 16.4. The molecule has 18 heavy (non-hydrogen) atoms. The number of rotatable bonds is 2. The first-order chi connectivity index (χ1) is 8.61. The fraction of sp³-hybridized carbons (Fsp3) is 0.143. The average Bonchev–Trinajstić information content (AvgIpc) is 2.65. The van der Waals surface area contributed by atoms with Crippen molar-refractivity contribution in [2.24, 2.45) is 0 Å². The molecule has 1 atom stereocenters. The molecule has 1 heterocycles. The first-order valence-corrected chi connectivity index (χ1v) is 5.67. The van der Waals surface area contributed by atoms with E-state index in [0.717, 1.165) is 10.8 Å². The molecule has 0 N–H and O–H groups in total. The van der Waals surface area contributed by atoms with Gasteiger partial charge < -0.3 is 9.90 Å². The molecule has 4 nitrogen and oxygen atoms in total. The number of carboxylic acids is 1. The van der Waals surface area contributed by atoms with Crippen LogP contribution in [0, 0.1) is 0 Å². The van der Waals surface area contributed by atoms with Gasteiger partial charge in [-0.15, -0.1) is 0 Å². The number of amides is 1. The zero-order valence-corrected chi connectivity index (χ0v) is 9.71. The molecule has 0 saturated carbocycles. The fourth-order valence-corrected chi connectivity index (χ4v) is 2.43. The van der Waals surface area contributed by atoms with Gasteiger partial charge >= 0.3 is 0 Å². The highest BCUT2D eigenvalue weighted by Crippen LogP contribution is 2.38. The maximum atomic E-state index is 12.3. The Kier molecular flexibility index (Phi) is 2.13. The lowest BCUT2D eigenvalue weighted by Crippen LogP contribution is -2.47. The smallest absolute Gasteiger partial charge is 0.259 e. The van der Waals surface area contributed by atoms with Crippen molar-refractivity contribution in [1.82, 2.24) is 0 Å². The molecule has 1 amide bonds. The SMILES string of the molecule is C[C@H](C(=O)[O-])N1C(=O)c2cccc3cccc1c23. The summed E-state index contributed by atoms with van der Waals surface area (Å²) in [4.78, 5) is 24.5. The van der Waals surface area contributed by atoms with E-state index in [4.69, 9.17) is 0 Å². The van der Waals surface area contributed by atoms with Crippen LogP contribution in [0.3, 0.4) is 0 Å². The predicted octanol–water partition coefficient (Wildman–Crippen LogP) is 0.938. The van der Waals surface area contributed by atoms with Crippen LogP contribution in [0.5, 0.6) is 0 Å². The number of benzene rings is 2. The first kappa shape index (κ1) is 10.8. The molecule has 2 aromatic carbocycles. The zero-order valence-electron chi connectivity index (χ0n) is 9.71. The summed E-state index contributed by atoms with van der Waals surface area (Å²) >= 11 is 0. The van der Waals surface area contributed by atoms with Crippen LogP contribution in [0.1, 0.15) is 17.3 Å².